The summed E-state index contributed by atoms with van der Waals surface area (Å²) in [5, 5.41) is 1.15. The second-order valence-corrected chi connectivity index (χ2v) is 6.05. The molecule has 3 heteroatoms. The molecule has 0 N–H and O–H groups in total. The fourth-order valence-corrected chi connectivity index (χ4v) is 2.74. The average molecular weight is 342 g/mol. The lowest BCUT2D eigenvalue weighted by Gasteiger charge is -2.12. The Morgan fingerprint density at radius 2 is 1.86 bits per heavy atom. The summed E-state index contributed by atoms with van der Waals surface area (Å²) in [5.74, 6) is 0.905. The van der Waals surface area contributed by atoms with Gasteiger partial charge in [0.2, 0.25) is 0 Å². The van der Waals surface area contributed by atoms with E-state index in [1.54, 1.807) is 0 Å². The van der Waals surface area contributed by atoms with E-state index in [9.17, 15) is 0 Å². The number of rotatable bonds is 3. The van der Waals surface area contributed by atoms with Crippen molar-refractivity contribution in [1.82, 2.24) is 4.98 Å². The molecule has 0 aliphatic carbocycles. The molecule has 0 amide bonds. The number of hydrogen-bond donors (Lipinski definition) is 0. The van der Waals surface area contributed by atoms with Crippen LogP contribution >= 0.6 is 15.9 Å². The normalized spacial score (nSPS) is 10.8. The number of halogens is 1. The van der Waals surface area contributed by atoms with Crippen molar-refractivity contribution in [2.24, 2.45) is 0 Å². The number of nitrogens with zero attached hydrogens (tertiary/aromatic N) is 1. The van der Waals surface area contributed by atoms with E-state index in [1.165, 1.54) is 0 Å². The zero-order valence-corrected chi connectivity index (χ0v) is 13.6. The van der Waals surface area contributed by atoms with Crippen LogP contribution in [0.1, 0.15) is 16.8 Å². The van der Waals surface area contributed by atoms with Crippen LogP contribution in [0.25, 0.3) is 10.9 Å². The molecule has 106 valence electrons. The summed E-state index contributed by atoms with van der Waals surface area (Å²) in [6, 6.07) is 16.3. The van der Waals surface area contributed by atoms with Crippen LogP contribution < -0.4 is 4.74 Å². The van der Waals surface area contributed by atoms with Crippen LogP contribution in [0.2, 0.25) is 0 Å². The van der Waals surface area contributed by atoms with Gasteiger partial charge in [0.05, 0.1) is 5.52 Å². The SMILES string of the molecule is Cc1cc(COc2cc(Br)ccc2C)c2ccccc2n1. The summed E-state index contributed by atoms with van der Waals surface area (Å²) in [6.07, 6.45) is 0. The van der Waals surface area contributed by atoms with Gasteiger partial charge in [0, 0.05) is 21.1 Å². The van der Waals surface area contributed by atoms with Crippen LogP contribution in [0.15, 0.2) is 53.0 Å². The Morgan fingerprint density at radius 3 is 2.71 bits per heavy atom. The molecule has 3 rings (SSSR count). The lowest BCUT2D eigenvalue weighted by molar-refractivity contribution is 0.305. The largest absolute Gasteiger partial charge is 0.489 e. The van der Waals surface area contributed by atoms with E-state index >= 15 is 0 Å². The third kappa shape index (κ3) is 3.08. The van der Waals surface area contributed by atoms with E-state index in [0.717, 1.165) is 37.9 Å². The third-order valence-corrected chi connectivity index (χ3v) is 3.96. The standard InChI is InChI=1S/C18H16BrNO/c1-12-7-8-15(19)10-18(12)21-11-14-9-13(2)20-17-6-4-3-5-16(14)17/h3-10H,11H2,1-2H3. The van der Waals surface area contributed by atoms with Gasteiger partial charge in [0.1, 0.15) is 12.4 Å². The number of pyridine rings is 1. The van der Waals surface area contributed by atoms with E-state index in [4.69, 9.17) is 4.74 Å². The highest BCUT2D eigenvalue weighted by atomic mass is 79.9. The van der Waals surface area contributed by atoms with E-state index in [2.05, 4.69) is 46.0 Å². The van der Waals surface area contributed by atoms with Crippen LogP contribution in [0, 0.1) is 13.8 Å². The lowest BCUT2D eigenvalue weighted by atomic mass is 10.1. The van der Waals surface area contributed by atoms with E-state index in [1.807, 2.05) is 37.3 Å². The molecule has 0 saturated carbocycles. The molecule has 0 fully saturated rings. The van der Waals surface area contributed by atoms with Gasteiger partial charge in [-0.25, -0.2) is 0 Å². The average Bonchev–Trinajstić information content (AvgIpc) is 2.47. The Kier molecular flexibility index (Phi) is 3.93. The molecule has 2 nitrogen and oxygen atoms in total. The number of hydrogen-bond acceptors (Lipinski definition) is 2. The molecule has 0 saturated heterocycles. The number of benzene rings is 2. The lowest BCUT2D eigenvalue weighted by Crippen LogP contribution is -2.00. The summed E-state index contributed by atoms with van der Waals surface area (Å²) in [5.41, 5.74) is 4.33. The van der Waals surface area contributed by atoms with Crippen LogP contribution in [0.5, 0.6) is 5.75 Å². The van der Waals surface area contributed by atoms with Gasteiger partial charge in [-0.05, 0) is 43.7 Å². The van der Waals surface area contributed by atoms with Crippen LogP contribution in [-0.4, -0.2) is 4.98 Å². The molecule has 1 aromatic heterocycles. The quantitative estimate of drug-likeness (QED) is 0.653. The Balaban J connectivity index is 1.93. The summed E-state index contributed by atoms with van der Waals surface area (Å²) in [7, 11) is 0. The molecular formula is C18H16BrNO. The number of fused-ring (bicyclic) bond motifs is 1. The molecule has 0 atom stereocenters. The van der Waals surface area contributed by atoms with Crippen LogP contribution in [-0.2, 0) is 6.61 Å². The smallest absolute Gasteiger partial charge is 0.123 e. The first-order chi connectivity index (χ1) is 10.1. The fraction of sp³-hybridized carbons (Fsp3) is 0.167. The van der Waals surface area contributed by atoms with Gasteiger partial charge in [0.15, 0.2) is 0 Å². The van der Waals surface area contributed by atoms with E-state index < -0.39 is 0 Å². The Labute approximate surface area is 132 Å². The minimum absolute atomic E-state index is 0.543. The predicted octanol–water partition coefficient (Wildman–Crippen LogP) is 5.19. The monoisotopic (exact) mass is 341 g/mol. The van der Waals surface area contributed by atoms with Gasteiger partial charge >= 0.3 is 0 Å². The highest BCUT2D eigenvalue weighted by molar-refractivity contribution is 9.10. The second-order valence-electron chi connectivity index (χ2n) is 5.14. The second kappa shape index (κ2) is 5.86. The first kappa shape index (κ1) is 14.1. The van der Waals surface area contributed by atoms with Gasteiger partial charge in [0.25, 0.3) is 0 Å². The highest BCUT2D eigenvalue weighted by Crippen LogP contribution is 2.25. The Bertz CT molecular complexity index is 798. The molecular weight excluding hydrogens is 326 g/mol. The van der Waals surface area contributed by atoms with Crippen molar-refractivity contribution in [3.8, 4) is 5.75 Å². The first-order valence-corrected chi connectivity index (χ1v) is 7.67. The fourth-order valence-electron chi connectivity index (χ4n) is 2.40. The molecule has 0 aliphatic rings. The van der Waals surface area contributed by atoms with Gasteiger partial charge in [-0.1, -0.05) is 40.2 Å². The Hall–Kier alpha value is -1.87. The summed E-state index contributed by atoms with van der Waals surface area (Å²) in [6.45, 7) is 4.61. The number of ether oxygens (including phenoxy) is 1. The molecule has 0 bridgehead atoms. The van der Waals surface area contributed by atoms with Gasteiger partial charge in [-0.15, -0.1) is 0 Å². The minimum Gasteiger partial charge on any atom is -0.489 e. The van der Waals surface area contributed by atoms with Crippen molar-refractivity contribution in [2.45, 2.75) is 20.5 Å². The van der Waals surface area contributed by atoms with Crippen molar-refractivity contribution >= 4 is 26.8 Å². The van der Waals surface area contributed by atoms with Gasteiger partial charge in [-0.3, -0.25) is 4.98 Å². The maximum absolute atomic E-state index is 6.01. The highest BCUT2D eigenvalue weighted by Gasteiger charge is 2.06. The molecule has 0 radical (unpaired) electrons. The van der Waals surface area contributed by atoms with E-state index in [-0.39, 0.29) is 0 Å². The van der Waals surface area contributed by atoms with Crippen LogP contribution in [0.3, 0.4) is 0 Å². The summed E-state index contributed by atoms with van der Waals surface area (Å²) in [4.78, 5) is 4.56. The molecule has 21 heavy (non-hydrogen) atoms. The van der Waals surface area contributed by atoms with Crippen LogP contribution in [0.4, 0.5) is 0 Å². The van der Waals surface area contributed by atoms with Crippen molar-refractivity contribution in [1.29, 1.82) is 0 Å². The number of aryl methyl sites for hydroxylation is 2. The Morgan fingerprint density at radius 1 is 1.05 bits per heavy atom. The summed E-state index contributed by atoms with van der Waals surface area (Å²) >= 11 is 3.48. The zero-order valence-electron chi connectivity index (χ0n) is 12.1. The molecule has 3 aromatic rings. The summed E-state index contributed by atoms with van der Waals surface area (Å²) < 4.78 is 7.04. The molecule has 2 aromatic carbocycles. The molecule has 1 heterocycles. The molecule has 0 spiro atoms. The van der Waals surface area contributed by atoms with Crippen molar-refractivity contribution in [2.75, 3.05) is 0 Å². The molecule has 0 unspecified atom stereocenters. The van der Waals surface area contributed by atoms with E-state index in [0.29, 0.717) is 6.61 Å². The maximum Gasteiger partial charge on any atom is 0.123 e. The predicted molar refractivity (Wildman–Crippen MR) is 89.7 cm³/mol. The topological polar surface area (TPSA) is 22.1 Å². The van der Waals surface area contributed by atoms with Crippen molar-refractivity contribution in [3.63, 3.8) is 0 Å². The first-order valence-electron chi connectivity index (χ1n) is 6.88. The zero-order chi connectivity index (χ0) is 14.8. The molecule has 0 aliphatic heterocycles. The van der Waals surface area contributed by atoms with Crippen molar-refractivity contribution in [3.05, 3.63) is 69.8 Å². The van der Waals surface area contributed by atoms with Gasteiger partial charge < -0.3 is 4.74 Å². The third-order valence-electron chi connectivity index (χ3n) is 3.46. The number of aromatic nitrogens is 1. The number of para-hydroxylation sites is 1. The van der Waals surface area contributed by atoms with Gasteiger partial charge in [-0.2, -0.15) is 0 Å². The van der Waals surface area contributed by atoms with Crippen molar-refractivity contribution < 1.29 is 4.74 Å². The maximum atomic E-state index is 6.01. The minimum atomic E-state index is 0.543.